The van der Waals surface area contributed by atoms with Gasteiger partial charge in [0.05, 0.1) is 18.7 Å². The Morgan fingerprint density at radius 1 is 1.71 bits per heavy atom. The third-order valence-electron chi connectivity index (χ3n) is 1.49. The van der Waals surface area contributed by atoms with Crippen molar-refractivity contribution in [3.05, 3.63) is 12.3 Å². The van der Waals surface area contributed by atoms with Gasteiger partial charge in [-0.15, -0.1) is 0 Å². The molecule has 1 unspecified atom stereocenters. The van der Waals surface area contributed by atoms with E-state index in [0.717, 1.165) is 0 Å². The van der Waals surface area contributed by atoms with Crippen LogP contribution in [-0.4, -0.2) is 33.2 Å². The van der Waals surface area contributed by atoms with Crippen LogP contribution in [0, 0.1) is 0 Å². The van der Waals surface area contributed by atoms with Gasteiger partial charge in [0.1, 0.15) is 5.82 Å². The van der Waals surface area contributed by atoms with E-state index in [2.05, 4.69) is 15.5 Å². The first kappa shape index (κ1) is 10.2. The van der Waals surface area contributed by atoms with Gasteiger partial charge in [0.2, 0.25) is 5.91 Å². The Morgan fingerprint density at radius 3 is 2.93 bits per heavy atom. The summed E-state index contributed by atoms with van der Waals surface area (Å²) in [5.74, 6) is -1.29. The molecule has 76 valence electrons. The van der Waals surface area contributed by atoms with Gasteiger partial charge in [-0.3, -0.25) is 14.7 Å². The summed E-state index contributed by atoms with van der Waals surface area (Å²) < 4.78 is 0. The molecule has 0 aromatic carbocycles. The molecule has 7 nitrogen and oxygen atoms in total. The minimum atomic E-state index is -1.11. The Morgan fingerprint density at radius 2 is 2.43 bits per heavy atom. The van der Waals surface area contributed by atoms with Gasteiger partial charge in [0, 0.05) is 6.07 Å². The third-order valence-corrected chi connectivity index (χ3v) is 1.49. The second kappa shape index (κ2) is 4.38. The highest BCUT2D eigenvalue weighted by Gasteiger charge is 2.17. The Kier molecular flexibility index (Phi) is 3.19. The fourth-order valence-corrected chi connectivity index (χ4v) is 0.832. The number of carboxylic acid groups (broad SMARTS) is 1. The second-order valence-corrected chi connectivity index (χ2v) is 2.66. The Balaban J connectivity index is 2.46. The number of anilines is 1. The lowest BCUT2D eigenvalue weighted by molar-refractivity contribution is -0.138. The van der Waals surface area contributed by atoms with Crippen LogP contribution in [-0.2, 0) is 9.59 Å². The van der Waals surface area contributed by atoms with E-state index in [-0.39, 0.29) is 0 Å². The summed E-state index contributed by atoms with van der Waals surface area (Å²) in [6, 6.07) is 0.474. The highest BCUT2D eigenvalue weighted by molar-refractivity contribution is 5.95. The lowest BCUT2D eigenvalue weighted by Gasteiger charge is -2.07. The van der Waals surface area contributed by atoms with Crippen LogP contribution in [0.25, 0.3) is 0 Å². The van der Waals surface area contributed by atoms with Gasteiger partial charge in [0.15, 0.2) is 0 Å². The van der Waals surface area contributed by atoms with Crippen LogP contribution in [0.1, 0.15) is 6.42 Å². The molecule has 7 heteroatoms. The molecule has 1 aromatic rings. The summed E-state index contributed by atoms with van der Waals surface area (Å²) in [5, 5.41) is 16.9. The molecule has 14 heavy (non-hydrogen) atoms. The van der Waals surface area contributed by atoms with Gasteiger partial charge >= 0.3 is 5.97 Å². The monoisotopic (exact) mass is 198 g/mol. The average Bonchev–Trinajstić information content (AvgIpc) is 2.55. The zero-order valence-corrected chi connectivity index (χ0v) is 7.23. The molecule has 1 atom stereocenters. The fraction of sp³-hybridized carbons (Fsp3) is 0.286. The highest BCUT2D eigenvalue weighted by Crippen LogP contribution is 2.00. The number of amides is 1. The Labute approximate surface area is 79.3 Å². The molecule has 1 heterocycles. The number of carbonyl (C=O) groups is 2. The molecule has 0 fully saturated rings. The fourth-order valence-electron chi connectivity index (χ4n) is 0.832. The zero-order valence-electron chi connectivity index (χ0n) is 7.23. The maximum absolute atomic E-state index is 11.2. The van der Waals surface area contributed by atoms with E-state index in [1.807, 2.05) is 0 Å². The minimum Gasteiger partial charge on any atom is -0.481 e. The van der Waals surface area contributed by atoms with Crippen molar-refractivity contribution in [3.8, 4) is 0 Å². The van der Waals surface area contributed by atoms with E-state index < -0.39 is 24.3 Å². The van der Waals surface area contributed by atoms with Crippen LogP contribution in [0.2, 0.25) is 0 Å². The van der Waals surface area contributed by atoms with E-state index in [9.17, 15) is 9.59 Å². The molecule has 0 spiro atoms. The number of nitrogens with two attached hydrogens (primary N) is 1. The van der Waals surface area contributed by atoms with Crippen molar-refractivity contribution < 1.29 is 14.7 Å². The third kappa shape index (κ3) is 2.87. The van der Waals surface area contributed by atoms with Crippen molar-refractivity contribution in [3.63, 3.8) is 0 Å². The van der Waals surface area contributed by atoms with Crippen molar-refractivity contribution in [2.45, 2.75) is 12.5 Å². The van der Waals surface area contributed by atoms with Crippen LogP contribution in [0.4, 0.5) is 5.82 Å². The second-order valence-electron chi connectivity index (χ2n) is 2.66. The number of hydrogen-bond acceptors (Lipinski definition) is 4. The SMILES string of the molecule is NC(CC(=O)O)C(=O)Nc1ccn[nH]1. The van der Waals surface area contributed by atoms with Crippen molar-refractivity contribution in [1.82, 2.24) is 10.2 Å². The topological polar surface area (TPSA) is 121 Å². The number of nitrogens with one attached hydrogen (secondary N) is 2. The van der Waals surface area contributed by atoms with Crippen molar-refractivity contribution in [2.75, 3.05) is 5.32 Å². The molecule has 0 aliphatic rings. The summed E-state index contributed by atoms with van der Waals surface area (Å²) in [5.41, 5.74) is 5.31. The normalized spacial score (nSPS) is 12.1. The first-order valence-electron chi connectivity index (χ1n) is 3.87. The molecule has 1 rings (SSSR count). The number of hydrogen-bond donors (Lipinski definition) is 4. The summed E-state index contributed by atoms with van der Waals surface area (Å²) >= 11 is 0. The molecule has 1 amide bonds. The van der Waals surface area contributed by atoms with E-state index in [1.54, 1.807) is 0 Å². The largest absolute Gasteiger partial charge is 0.481 e. The van der Waals surface area contributed by atoms with Crippen LogP contribution >= 0.6 is 0 Å². The number of aromatic amines is 1. The Bertz CT molecular complexity index is 322. The lowest BCUT2D eigenvalue weighted by atomic mass is 10.2. The predicted molar refractivity (Wildman–Crippen MR) is 47.4 cm³/mol. The molecule has 0 saturated heterocycles. The Hall–Kier alpha value is -1.89. The molecule has 0 aliphatic carbocycles. The number of rotatable bonds is 4. The van der Waals surface area contributed by atoms with Gasteiger partial charge in [-0.2, -0.15) is 5.10 Å². The van der Waals surface area contributed by atoms with Crippen molar-refractivity contribution in [2.24, 2.45) is 5.73 Å². The van der Waals surface area contributed by atoms with Gasteiger partial charge in [-0.1, -0.05) is 0 Å². The maximum Gasteiger partial charge on any atom is 0.305 e. The molecular formula is C7H10N4O3. The number of nitrogens with zero attached hydrogens (tertiary/aromatic N) is 1. The average molecular weight is 198 g/mol. The number of carboxylic acids is 1. The first-order valence-corrected chi connectivity index (χ1v) is 3.87. The van der Waals surface area contributed by atoms with Crippen LogP contribution in [0.5, 0.6) is 0 Å². The summed E-state index contributed by atoms with van der Waals surface area (Å²) in [6.45, 7) is 0. The predicted octanol–water partition coefficient (Wildman–Crippen LogP) is -0.850. The highest BCUT2D eigenvalue weighted by atomic mass is 16.4. The lowest BCUT2D eigenvalue weighted by Crippen LogP contribution is -2.37. The van der Waals surface area contributed by atoms with Crippen molar-refractivity contribution >= 4 is 17.7 Å². The van der Waals surface area contributed by atoms with E-state index in [1.165, 1.54) is 12.3 Å². The molecule has 0 bridgehead atoms. The number of H-pyrrole nitrogens is 1. The van der Waals surface area contributed by atoms with Crippen LogP contribution < -0.4 is 11.1 Å². The van der Waals surface area contributed by atoms with Crippen molar-refractivity contribution in [1.29, 1.82) is 0 Å². The molecule has 0 radical (unpaired) electrons. The summed E-state index contributed by atoms with van der Waals surface area (Å²) in [4.78, 5) is 21.4. The first-order chi connectivity index (χ1) is 6.59. The van der Waals surface area contributed by atoms with E-state index in [0.29, 0.717) is 5.82 Å². The van der Waals surface area contributed by atoms with E-state index in [4.69, 9.17) is 10.8 Å². The smallest absolute Gasteiger partial charge is 0.305 e. The van der Waals surface area contributed by atoms with Crippen LogP contribution in [0.3, 0.4) is 0 Å². The van der Waals surface area contributed by atoms with Gasteiger partial charge in [-0.25, -0.2) is 0 Å². The number of aliphatic carboxylic acids is 1. The van der Waals surface area contributed by atoms with Gasteiger partial charge in [-0.05, 0) is 0 Å². The summed E-state index contributed by atoms with van der Waals surface area (Å²) in [6.07, 6.45) is 1.05. The molecular weight excluding hydrogens is 188 g/mol. The number of aromatic nitrogens is 2. The minimum absolute atomic E-state index is 0.385. The molecule has 0 aliphatic heterocycles. The molecule has 5 N–H and O–H groups in total. The van der Waals surface area contributed by atoms with Gasteiger partial charge < -0.3 is 16.2 Å². The molecule has 1 aromatic heterocycles. The number of carbonyl (C=O) groups excluding carboxylic acids is 1. The standard InChI is InChI=1S/C7H10N4O3/c8-4(3-6(12)13)7(14)10-5-1-2-9-11-5/h1-2,4H,3,8H2,(H,12,13)(H2,9,10,11,14). The summed E-state index contributed by atoms with van der Waals surface area (Å²) in [7, 11) is 0. The van der Waals surface area contributed by atoms with Crippen LogP contribution in [0.15, 0.2) is 12.3 Å². The molecule has 0 saturated carbocycles. The van der Waals surface area contributed by atoms with E-state index >= 15 is 0 Å². The quantitative estimate of drug-likeness (QED) is 0.502. The maximum atomic E-state index is 11.2. The van der Waals surface area contributed by atoms with Gasteiger partial charge in [0.25, 0.3) is 0 Å². The zero-order chi connectivity index (χ0) is 10.6.